The Kier molecular flexibility index (Phi) is 4.00. The molecule has 26 heavy (non-hydrogen) atoms. The molecule has 3 heteroatoms. The molecule has 128 valence electrons. The third-order valence-electron chi connectivity index (χ3n) is 4.99. The number of pyridine rings is 1. The molecule has 0 aliphatic carbocycles. The SMILES string of the molecule is Cc1cc(-[n+]2cnccc2C)c(C)c(-[n+]2cc3ccccc3cc2C)c1. The molecule has 0 atom stereocenters. The van der Waals surface area contributed by atoms with Crippen LogP contribution in [0.4, 0.5) is 0 Å². The molecule has 0 saturated carbocycles. The smallest absolute Gasteiger partial charge is 0.200 e. The standard InChI is InChI=1S/C23H23N3/c1-16-11-22(19(4)23(12-16)26-15-24-10-9-17(26)2)25-14-21-8-6-5-7-20(21)13-18(25)3/h5-15H,1-4H3/q+2. The Labute approximate surface area is 154 Å². The average Bonchev–Trinajstić information content (AvgIpc) is 2.63. The van der Waals surface area contributed by atoms with E-state index in [1.54, 1.807) is 0 Å². The Bertz CT molecular complexity index is 1130. The van der Waals surface area contributed by atoms with Gasteiger partial charge in [-0.05, 0) is 43.9 Å². The second-order valence-corrected chi connectivity index (χ2v) is 6.93. The number of hydrogen-bond donors (Lipinski definition) is 0. The van der Waals surface area contributed by atoms with Gasteiger partial charge in [-0.15, -0.1) is 0 Å². The minimum atomic E-state index is 1.17. The van der Waals surface area contributed by atoms with Crippen LogP contribution in [0.5, 0.6) is 0 Å². The third-order valence-corrected chi connectivity index (χ3v) is 4.99. The molecule has 0 amide bonds. The van der Waals surface area contributed by atoms with E-state index in [-0.39, 0.29) is 0 Å². The van der Waals surface area contributed by atoms with E-state index in [1.807, 2.05) is 18.6 Å². The predicted molar refractivity (Wildman–Crippen MR) is 104 cm³/mol. The molecule has 0 saturated heterocycles. The molecule has 2 aromatic heterocycles. The van der Waals surface area contributed by atoms with Crippen molar-refractivity contribution in [3.8, 4) is 11.4 Å². The van der Waals surface area contributed by atoms with Crippen LogP contribution in [-0.4, -0.2) is 4.98 Å². The average molecular weight is 341 g/mol. The minimum absolute atomic E-state index is 1.17. The summed E-state index contributed by atoms with van der Waals surface area (Å²) in [6.45, 7) is 8.61. The maximum absolute atomic E-state index is 4.31. The molecule has 0 spiro atoms. The molecule has 0 fully saturated rings. The number of hydrogen-bond acceptors (Lipinski definition) is 1. The van der Waals surface area contributed by atoms with E-state index in [4.69, 9.17) is 0 Å². The van der Waals surface area contributed by atoms with Crippen molar-refractivity contribution in [2.75, 3.05) is 0 Å². The van der Waals surface area contributed by atoms with Crippen LogP contribution in [0.1, 0.15) is 22.5 Å². The topological polar surface area (TPSA) is 20.6 Å². The monoisotopic (exact) mass is 341 g/mol. The minimum Gasteiger partial charge on any atom is -0.200 e. The molecule has 0 unspecified atom stereocenters. The lowest BCUT2D eigenvalue weighted by Crippen LogP contribution is -2.39. The normalized spacial score (nSPS) is 11.1. The summed E-state index contributed by atoms with van der Waals surface area (Å²) in [5, 5.41) is 2.51. The molecule has 0 aliphatic heterocycles. The molecule has 2 aromatic carbocycles. The predicted octanol–water partition coefficient (Wildman–Crippen LogP) is 4.02. The van der Waals surface area contributed by atoms with Crippen LogP contribution in [0, 0.1) is 27.7 Å². The van der Waals surface area contributed by atoms with E-state index < -0.39 is 0 Å². The van der Waals surface area contributed by atoms with Gasteiger partial charge in [-0.25, -0.2) is 0 Å². The molecule has 0 aliphatic rings. The highest BCUT2D eigenvalue weighted by Gasteiger charge is 2.21. The van der Waals surface area contributed by atoms with Crippen molar-refractivity contribution in [1.82, 2.24) is 4.98 Å². The first kappa shape index (κ1) is 16.4. The summed E-state index contributed by atoms with van der Waals surface area (Å²) in [6.07, 6.45) is 5.95. The molecule has 0 N–H and O–H groups in total. The van der Waals surface area contributed by atoms with Crippen molar-refractivity contribution in [3.63, 3.8) is 0 Å². The Morgan fingerprint density at radius 1 is 0.731 bits per heavy atom. The summed E-state index contributed by atoms with van der Waals surface area (Å²) < 4.78 is 4.45. The van der Waals surface area contributed by atoms with Crippen molar-refractivity contribution >= 4 is 10.8 Å². The van der Waals surface area contributed by atoms with Crippen LogP contribution < -0.4 is 9.13 Å². The van der Waals surface area contributed by atoms with Gasteiger partial charge < -0.3 is 0 Å². The van der Waals surface area contributed by atoms with Gasteiger partial charge in [0, 0.05) is 30.5 Å². The van der Waals surface area contributed by atoms with Crippen LogP contribution in [-0.2, 0) is 0 Å². The number of rotatable bonds is 2. The summed E-state index contributed by atoms with van der Waals surface area (Å²) >= 11 is 0. The number of benzene rings is 2. The quantitative estimate of drug-likeness (QED) is 0.504. The second-order valence-electron chi connectivity index (χ2n) is 6.93. The highest BCUT2D eigenvalue weighted by Crippen LogP contribution is 2.20. The molecule has 0 radical (unpaired) electrons. The van der Waals surface area contributed by atoms with Gasteiger partial charge in [0.2, 0.25) is 5.69 Å². The van der Waals surface area contributed by atoms with Crippen LogP contribution in [0.15, 0.2) is 67.3 Å². The van der Waals surface area contributed by atoms with Crippen LogP contribution in [0.3, 0.4) is 0 Å². The summed E-state index contributed by atoms with van der Waals surface area (Å²) in [6, 6.07) is 17.3. The molecular formula is C23H23N3+2. The van der Waals surface area contributed by atoms with Crippen molar-refractivity contribution in [1.29, 1.82) is 0 Å². The number of nitrogens with zero attached hydrogens (tertiary/aromatic N) is 3. The Morgan fingerprint density at radius 2 is 1.42 bits per heavy atom. The van der Waals surface area contributed by atoms with E-state index in [9.17, 15) is 0 Å². The van der Waals surface area contributed by atoms with Crippen LogP contribution >= 0.6 is 0 Å². The highest BCUT2D eigenvalue weighted by atomic mass is 15.0. The van der Waals surface area contributed by atoms with E-state index >= 15 is 0 Å². The van der Waals surface area contributed by atoms with E-state index in [0.29, 0.717) is 0 Å². The summed E-state index contributed by atoms with van der Waals surface area (Å²) in [4.78, 5) is 4.31. The van der Waals surface area contributed by atoms with Gasteiger partial charge in [0.1, 0.15) is 17.6 Å². The molecule has 3 nitrogen and oxygen atoms in total. The number of aromatic nitrogens is 3. The molecule has 0 bridgehead atoms. The lowest BCUT2D eigenvalue weighted by atomic mass is 10.1. The zero-order chi connectivity index (χ0) is 18.3. The third kappa shape index (κ3) is 2.76. The van der Waals surface area contributed by atoms with Crippen molar-refractivity contribution < 1.29 is 9.13 Å². The van der Waals surface area contributed by atoms with Crippen LogP contribution in [0.25, 0.3) is 22.1 Å². The summed E-state index contributed by atoms with van der Waals surface area (Å²) in [7, 11) is 0. The lowest BCUT2D eigenvalue weighted by Gasteiger charge is -2.10. The molecule has 4 rings (SSSR count). The van der Waals surface area contributed by atoms with E-state index in [0.717, 1.165) is 0 Å². The van der Waals surface area contributed by atoms with E-state index in [1.165, 1.54) is 44.7 Å². The second kappa shape index (κ2) is 6.34. The van der Waals surface area contributed by atoms with Gasteiger partial charge >= 0.3 is 0 Å². The highest BCUT2D eigenvalue weighted by molar-refractivity contribution is 5.81. The van der Waals surface area contributed by atoms with E-state index in [2.05, 4.69) is 90.5 Å². The fourth-order valence-corrected chi connectivity index (χ4v) is 3.56. The van der Waals surface area contributed by atoms with Gasteiger partial charge in [-0.1, -0.05) is 23.2 Å². The summed E-state index contributed by atoms with van der Waals surface area (Å²) in [5.41, 5.74) is 7.23. The Balaban J connectivity index is 1.99. The maximum atomic E-state index is 4.31. The van der Waals surface area contributed by atoms with Gasteiger partial charge in [-0.3, -0.25) is 0 Å². The number of fused-ring (bicyclic) bond motifs is 1. The molecule has 2 heterocycles. The Hall–Kier alpha value is -3.07. The first-order chi connectivity index (χ1) is 12.5. The van der Waals surface area contributed by atoms with Gasteiger partial charge in [0.25, 0.3) is 6.33 Å². The largest absolute Gasteiger partial charge is 0.291 e. The van der Waals surface area contributed by atoms with Crippen molar-refractivity contribution in [2.45, 2.75) is 27.7 Å². The molecular weight excluding hydrogens is 318 g/mol. The fourth-order valence-electron chi connectivity index (χ4n) is 3.56. The van der Waals surface area contributed by atoms with Gasteiger partial charge in [0.15, 0.2) is 11.9 Å². The first-order valence-corrected chi connectivity index (χ1v) is 8.90. The van der Waals surface area contributed by atoms with Crippen molar-refractivity contribution in [3.05, 3.63) is 89.8 Å². The zero-order valence-corrected chi connectivity index (χ0v) is 15.7. The lowest BCUT2D eigenvalue weighted by molar-refractivity contribution is -0.613. The van der Waals surface area contributed by atoms with Crippen molar-refractivity contribution in [2.24, 2.45) is 0 Å². The van der Waals surface area contributed by atoms with Crippen LogP contribution in [0.2, 0.25) is 0 Å². The fraction of sp³-hybridized carbons (Fsp3) is 0.174. The molecule has 4 aromatic rings. The summed E-state index contributed by atoms with van der Waals surface area (Å²) in [5.74, 6) is 0. The first-order valence-electron chi connectivity index (χ1n) is 8.90. The Morgan fingerprint density at radius 3 is 2.15 bits per heavy atom. The number of aryl methyl sites for hydroxylation is 3. The zero-order valence-electron chi connectivity index (χ0n) is 15.7. The van der Waals surface area contributed by atoms with Gasteiger partial charge in [0.05, 0.1) is 5.56 Å². The van der Waals surface area contributed by atoms with Gasteiger partial charge in [-0.2, -0.15) is 9.13 Å². The maximum Gasteiger partial charge on any atom is 0.291 e.